The predicted octanol–water partition coefficient (Wildman–Crippen LogP) is 0.825. The van der Waals surface area contributed by atoms with Gasteiger partial charge in [0.1, 0.15) is 5.82 Å². The van der Waals surface area contributed by atoms with E-state index in [0.29, 0.717) is 0 Å². The van der Waals surface area contributed by atoms with Crippen molar-refractivity contribution in [3.05, 3.63) is 29.6 Å². The van der Waals surface area contributed by atoms with Gasteiger partial charge >= 0.3 is 6.11 Å². The number of carbonyl (C=O) groups is 1. The molecule has 0 aliphatic rings. The van der Waals surface area contributed by atoms with Gasteiger partial charge in [-0.15, -0.1) is 0 Å². The molecule has 1 aromatic rings. The first-order valence-electron chi connectivity index (χ1n) is 3.67. The first-order chi connectivity index (χ1) is 7.24. The molecule has 0 amide bonds. The zero-order chi connectivity index (χ0) is 12.5. The average molecular weight is 241 g/mol. The Morgan fingerprint density at radius 1 is 1.19 bits per heavy atom. The summed E-state index contributed by atoms with van der Waals surface area (Å²) in [7, 11) is 0. The highest BCUT2D eigenvalue weighted by Crippen LogP contribution is 2.28. The molecule has 0 aromatic heterocycles. The third-order valence-electron chi connectivity index (χ3n) is 1.43. The van der Waals surface area contributed by atoms with Crippen LogP contribution in [0.2, 0.25) is 0 Å². The summed E-state index contributed by atoms with van der Waals surface area (Å²) in [5.41, 5.74) is 0. The van der Waals surface area contributed by atoms with Gasteiger partial charge in [-0.1, -0.05) is 0 Å². The number of carboxylic acids is 1. The van der Waals surface area contributed by atoms with Gasteiger partial charge in [-0.3, -0.25) is 0 Å². The molecular weight excluding hydrogens is 239 g/mol. The van der Waals surface area contributed by atoms with Crippen molar-refractivity contribution in [2.24, 2.45) is 0 Å². The van der Waals surface area contributed by atoms with Crippen molar-refractivity contribution in [2.45, 2.75) is 6.11 Å². The zero-order valence-corrected chi connectivity index (χ0v) is 7.27. The Morgan fingerprint density at radius 2 is 1.62 bits per heavy atom. The smallest absolute Gasteiger partial charge is 0.441 e. The van der Waals surface area contributed by atoms with Crippen molar-refractivity contribution in [3.8, 4) is 5.75 Å². The molecule has 0 aliphatic heterocycles. The summed E-state index contributed by atoms with van der Waals surface area (Å²) in [6.45, 7) is 0. The van der Waals surface area contributed by atoms with Crippen molar-refractivity contribution in [1.82, 2.24) is 0 Å². The van der Waals surface area contributed by atoms with Crippen LogP contribution in [-0.2, 0) is 4.79 Å². The van der Waals surface area contributed by atoms with Crippen LogP contribution in [0.4, 0.5) is 22.0 Å². The number of ether oxygens (including phenoxy) is 1. The summed E-state index contributed by atoms with van der Waals surface area (Å²) >= 11 is 0. The van der Waals surface area contributed by atoms with Gasteiger partial charge in [-0.05, 0) is 0 Å². The summed E-state index contributed by atoms with van der Waals surface area (Å²) in [6, 6.07) is 0.119. The first-order valence-corrected chi connectivity index (χ1v) is 3.67. The lowest BCUT2D eigenvalue weighted by atomic mass is 10.3. The molecule has 0 unspecified atom stereocenters. The van der Waals surface area contributed by atoms with Gasteiger partial charge in [-0.2, -0.15) is 8.78 Å². The molecule has 1 rings (SSSR count). The molecule has 16 heavy (non-hydrogen) atoms. The highest BCUT2D eigenvalue weighted by Gasteiger charge is 2.36. The quantitative estimate of drug-likeness (QED) is 0.736. The van der Waals surface area contributed by atoms with E-state index in [1.807, 2.05) is 0 Å². The van der Waals surface area contributed by atoms with Crippen LogP contribution < -0.4 is 9.84 Å². The monoisotopic (exact) mass is 241 g/mol. The normalized spacial score (nSPS) is 11.3. The molecule has 0 saturated carbocycles. The third kappa shape index (κ3) is 2.38. The number of aliphatic carboxylic acids is 1. The van der Waals surface area contributed by atoms with Gasteiger partial charge < -0.3 is 14.6 Å². The van der Waals surface area contributed by atoms with Gasteiger partial charge in [0.15, 0.2) is 23.4 Å². The Labute approximate surface area is 85.1 Å². The minimum Gasteiger partial charge on any atom is -0.541 e. The second-order valence-electron chi connectivity index (χ2n) is 2.60. The Hall–Kier alpha value is -1.86. The van der Waals surface area contributed by atoms with E-state index in [-0.39, 0.29) is 12.1 Å². The summed E-state index contributed by atoms with van der Waals surface area (Å²) in [6.07, 6.45) is -4.92. The fourth-order valence-corrected chi connectivity index (χ4v) is 0.796. The number of hydrogen-bond donors (Lipinski definition) is 0. The second kappa shape index (κ2) is 3.95. The molecule has 0 saturated heterocycles. The minimum absolute atomic E-state index is 0.0593. The lowest BCUT2D eigenvalue weighted by Gasteiger charge is -2.18. The molecule has 0 heterocycles. The number of rotatable bonds is 3. The van der Waals surface area contributed by atoms with E-state index >= 15 is 0 Å². The van der Waals surface area contributed by atoms with Crippen LogP contribution in [0.15, 0.2) is 12.1 Å². The van der Waals surface area contributed by atoms with Crippen LogP contribution in [0.5, 0.6) is 5.75 Å². The summed E-state index contributed by atoms with van der Waals surface area (Å²) in [5.74, 6) is -9.62. The lowest BCUT2D eigenvalue weighted by Crippen LogP contribution is -2.46. The number of hydrogen-bond acceptors (Lipinski definition) is 3. The fourth-order valence-electron chi connectivity index (χ4n) is 0.796. The first kappa shape index (κ1) is 12.2. The molecule has 8 heteroatoms. The summed E-state index contributed by atoms with van der Waals surface area (Å²) in [5, 5.41) is 9.81. The standard InChI is InChI=1S/C8H3F5O3/c9-3-1-4(10)6(5(11)2-3)16-8(12,13)7(14)15/h1-2H,(H,14,15)/p-1. The van der Waals surface area contributed by atoms with Gasteiger partial charge in [0, 0.05) is 12.1 Å². The number of benzene rings is 1. The zero-order valence-electron chi connectivity index (χ0n) is 7.27. The largest absolute Gasteiger partial charge is 0.541 e. The van der Waals surface area contributed by atoms with Crippen LogP contribution in [0.3, 0.4) is 0 Å². The maximum absolute atomic E-state index is 12.8. The predicted molar refractivity (Wildman–Crippen MR) is 36.9 cm³/mol. The average Bonchev–Trinajstić information content (AvgIpc) is 2.11. The third-order valence-corrected chi connectivity index (χ3v) is 1.43. The van der Waals surface area contributed by atoms with Crippen molar-refractivity contribution in [3.63, 3.8) is 0 Å². The van der Waals surface area contributed by atoms with E-state index in [2.05, 4.69) is 4.74 Å². The number of carbonyl (C=O) groups excluding carboxylic acids is 1. The van der Waals surface area contributed by atoms with E-state index < -0.39 is 35.3 Å². The van der Waals surface area contributed by atoms with Crippen molar-refractivity contribution < 1.29 is 36.6 Å². The van der Waals surface area contributed by atoms with Crippen LogP contribution in [-0.4, -0.2) is 12.1 Å². The van der Waals surface area contributed by atoms with Crippen molar-refractivity contribution >= 4 is 5.97 Å². The number of carboxylic acid groups (broad SMARTS) is 1. The van der Waals surface area contributed by atoms with Crippen LogP contribution in [0, 0.1) is 17.5 Å². The summed E-state index contributed by atoms with van der Waals surface area (Å²) < 4.78 is 65.9. The van der Waals surface area contributed by atoms with E-state index in [1.165, 1.54) is 0 Å². The Balaban J connectivity index is 3.11. The van der Waals surface area contributed by atoms with Gasteiger partial charge in [0.05, 0.1) is 0 Å². The maximum Gasteiger partial charge on any atom is 0.441 e. The van der Waals surface area contributed by atoms with Gasteiger partial charge in [0.25, 0.3) is 0 Å². The topological polar surface area (TPSA) is 49.4 Å². The van der Waals surface area contributed by atoms with E-state index in [1.54, 1.807) is 0 Å². The van der Waals surface area contributed by atoms with E-state index in [9.17, 15) is 31.9 Å². The lowest BCUT2D eigenvalue weighted by molar-refractivity contribution is -0.351. The molecule has 3 nitrogen and oxygen atoms in total. The second-order valence-corrected chi connectivity index (χ2v) is 2.60. The molecule has 0 N–H and O–H groups in total. The molecule has 0 bridgehead atoms. The molecular formula is C8H2F5O3-. The van der Waals surface area contributed by atoms with Gasteiger partial charge in [-0.25, -0.2) is 13.2 Å². The van der Waals surface area contributed by atoms with Crippen LogP contribution in [0.25, 0.3) is 0 Å². The van der Waals surface area contributed by atoms with Crippen molar-refractivity contribution in [1.29, 1.82) is 0 Å². The number of halogens is 5. The molecule has 0 atom stereocenters. The Kier molecular flexibility index (Phi) is 3.02. The van der Waals surface area contributed by atoms with E-state index in [0.717, 1.165) is 0 Å². The highest BCUT2D eigenvalue weighted by molar-refractivity contribution is 5.71. The highest BCUT2D eigenvalue weighted by atomic mass is 19.3. The molecule has 0 spiro atoms. The van der Waals surface area contributed by atoms with Crippen LogP contribution >= 0.6 is 0 Å². The Bertz CT molecular complexity index is 409. The minimum atomic E-state index is -4.92. The Morgan fingerprint density at radius 3 is 2.00 bits per heavy atom. The van der Waals surface area contributed by atoms with Crippen LogP contribution in [0.1, 0.15) is 0 Å². The number of alkyl halides is 2. The molecule has 0 aliphatic carbocycles. The molecule has 1 aromatic carbocycles. The fraction of sp³-hybridized carbons (Fsp3) is 0.125. The maximum atomic E-state index is 12.8. The molecule has 0 radical (unpaired) electrons. The molecule has 88 valence electrons. The van der Waals surface area contributed by atoms with Crippen molar-refractivity contribution in [2.75, 3.05) is 0 Å². The summed E-state index contributed by atoms with van der Waals surface area (Å²) in [4.78, 5) is 9.81. The van der Waals surface area contributed by atoms with E-state index in [4.69, 9.17) is 0 Å². The SMILES string of the molecule is O=C([O-])C(F)(F)Oc1c(F)cc(F)cc1F. The van der Waals surface area contributed by atoms with Gasteiger partial charge in [0.2, 0.25) is 0 Å². The molecule has 0 fully saturated rings.